The first-order valence-corrected chi connectivity index (χ1v) is 7.91. The van der Waals surface area contributed by atoms with Crippen LogP contribution < -0.4 is 5.32 Å². The Morgan fingerprint density at radius 2 is 1.89 bits per heavy atom. The molecule has 114 valence electrons. The van der Waals surface area contributed by atoms with Gasteiger partial charge in [-0.3, -0.25) is 0 Å². The molecular weight excluding hydrogens is 238 g/mol. The number of ether oxygens (including phenoxy) is 1. The van der Waals surface area contributed by atoms with Crippen molar-refractivity contribution in [2.75, 3.05) is 59.5 Å². The van der Waals surface area contributed by atoms with Crippen molar-refractivity contribution in [1.82, 2.24) is 15.1 Å². The van der Waals surface area contributed by atoms with Crippen LogP contribution in [0.4, 0.5) is 0 Å². The fourth-order valence-corrected chi connectivity index (χ4v) is 2.34. The normalized spacial score (nSPS) is 16.9. The predicted molar refractivity (Wildman–Crippen MR) is 81.7 cm³/mol. The maximum Gasteiger partial charge on any atom is 0.0518 e. The van der Waals surface area contributed by atoms with Crippen LogP contribution in [0.5, 0.6) is 0 Å². The summed E-state index contributed by atoms with van der Waals surface area (Å²) in [5.74, 6) is 0. The standard InChI is InChI=1S/C15H33N3O/c1-15(2)19-14-6-7-16-8-11-17(3)12-13-18-9-4-5-10-18/h15-16H,4-14H2,1-3H3. The van der Waals surface area contributed by atoms with Crippen molar-refractivity contribution in [2.45, 2.75) is 39.2 Å². The van der Waals surface area contributed by atoms with Crippen LogP contribution in [0.15, 0.2) is 0 Å². The monoisotopic (exact) mass is 271 g/mol. The van der Waals surface area contributed by atoms with Gasteiger partial charge in [0.25, 0.3) is 0 Å². The highest BCUT2D eigenvalue weighted by Gasteiger charge is 2.11. The van der Waals surface area contributed by atoms with Crippen molar-refractivity contribution in [3.63, 3.8) is 0 Å². The average molecular weight is 271 g/mol. The molecule has 1 saturated heterocycles. The summed E-state index contributed by atoms with van der Waals surface area (Å²) in [6, 6.07) is 0. The summed E-state index contributed by atoms with van der Waals surface area (Å²) >= 11 is 0. The van der Waals surface area contributed by atoms with Gasteiger partial charge in [0.2, 0.25) is 0 Å². The maximum absolute atomic E-state index is 5.51. The second-order valence-electron chi connectivity index (χ2n) is 5.88. The molecule has 0 spiro atoms. The third-order valence-corrected chi connectivity index (χ3v) is 3.62. The zero-order valence-electron chi connectivity index (χ0n) is 13.2. The first-order chi connectivity index (χ1) is 9.18. The van der Waals surface area contributed by atoms with Gasteiger partial charge in [0.1, 0.15) is 0 Å². The van der Waals surface area contributed by atoms with Crippen LogP contribution in [-0.4, -0.2) is 75.4 Å². The highest BCUT2D eigenvalue weighted by molar-refractivity contribution is 4.67. The zero-order valence-corrected chi connectivity index (χ0v) is 13.2. The van der Waals surface area contributed by atoms with Crippen molar-refractivity contribution >= 4 is 0 Å². The van der Waals surface area contributed by atoms with Gasteiger partial charge in [0, 0.05) is 32.8 Å². The van der Waals surface area contributed by atoms with E-state index in [9.17, 15) is 0 Å². The Hall–Kier alpha value is -0.160. The smallest absolute Gasteiger partial charge is 0.0518 e. The van der Waals surface area contributed by atoms with Gasteiger partial charge >= 0.3 is 0 Å². The van der Waals surface area contributed by atoms with Crippen molar-refractivity contribution in [3.8, 4) is 0 Å². The SMILES string of the molecule is CC(C)OCCCNCCN(C)CCN1CCCC1. The van der Waals surface area contributed by atoms with Crippen LogP contribution >= 0.6 is 0 Å². The van der Waals surface area contributed by atoms with Crippen LogP contribution in [0.2, 0.25) is 0 Å². The minimum absolute atomic E-state index is 0.358. The Morgan fingerprint density at radius 1 is 1.16 bits per heavy atom. The molecule has 19 heavy (non-hydrogen) atoms. The Labute approximate surface area is 119 Å². The Bertz CT molecular complexity index is 206. The van der Waals surface area contributed by atoms with E-state index in [0.29, 0.717) is 6.10 Å². The van der Waals surface area contributed by atoms with Gasteiger partial charge in [-0.05, 0) is 59.8 Å². The molecule has 0 saturated carbocycles. The summed E-state index contributed by atoms with van der Waals surface area (Å²) in [6.45, 7) is 13.4. The van der Waals surface area contributed by atoms with Crippen molar-refractivity contribution in [3.05, 3.63) is 0 Å². The number of likely N-dealkylation sites (N-methyl/N-ethyl adjacent to an activating group) is 1. The average Bonchev–Trinajstić information content (AvgIpc) is 2.88. The second kappa shape index (κ2) is 10.6. The Balaban J connectivity index is 1.82. The quantitative estimate of drug-likeness (QED) is 0.575. The lowest BCUT2D eigenvalue weighted by Crippen LogP contribution is -2.35. The molecule has 1 heterocycles. The third kappa shape index (κ3) is 9.38. The molecule has 1 fully saturated rings. The molecule has 1 aliphatic rings. The summed E-state index contributed by atoms with van der Waals surface area (Å²) in [7, 11) is 2.22. The van der Waals surface area contributed by atoms with Crippen molar-refractivity contribution in [1.29, 1.82) is 0 Å². The fourth-order valence-electron chi connectivity index (χ4n) is 2.34. The molecule has 0 aromatic rings. The molecule has 0 bridgehead atoms. The molecule has 0 aliphatic carbocycles. The maximum atomic E-state index is 5.51. The number of rotatable bonds is 11. The van der Waals surface area contributed by atoms with E-state index in [-0.39, 0.29) is 0 Å². The molecule has 0 amide bonds. The van der Waals surface area contributed by atoms with E-state index in [1.54, 1.807) is 0 Å². The van der Waals surface area contributed by atoms with Gasteiger partial charge < -0.3 is 19.9 Å². The van der Waals surface area contributed by atoms with Gasteiger partial charge in [-0.25, -0.2) is 0 Å². The van der Waals surface area contributed by atoms with Gasteiger partial charge in [-0.15, -0.1) is 0 Å². The molecular formula is C15H33N3O. The minimum atomic E-state index is 0.358. The highest BCUT2D eigenvalue weighted by atomic mass is 16.5. The lowest BCUT2D eigenvalue weighted by molar-refractivity contribution is 0.0770. The van der Waals surface area contributed by atoms with E-state index in [1.807, 2.05) is 0 Å². The number of hydrogen-bond donors (Lipinski definition) is 1. The summed E-state index contributed by atoms with van der Waals surface area (Å²) in [6.07, 6.45) is 4.25. The molecule has 4 nitrogen and oxygen atoms in total. The van der Waals surface area contributed by atoms with Gasteiger partial charge in [-0.1, -0.05) is 0 Å². The van der Waals surface area contributed by atoms with Crippen LogP contribution in [0.1, 0.15) is 33.1 Å². The largest absolute Gasteiger partial charge is 0.379 e. The molecule has 0 atom stereocenters. The number of hydrogen-bond acceptors (Lipinski definition) is 4. The predicted octanol–water partition coefficient (Wildman–Crippen LogP) is 1.42. The minimum Gasteiger partial charge on any atom is -0.379 e. The van der Waals surface area contributed by atoms with Crippen LogP contribution in [-0.2, 0) is 4.74 Å². The molecule has 0 aromatic heterocycles. The van der Waals surface area contributed by atoms with E-state index in [0.717, 1.165) is 32.7 Å². The highest BCUT2D eigenvalue weighted by Crippen LogP contribution is 2.06. The second-order valence-corrected chi connectivity index (χ2v) is 5.88. The lowest BCUT2D eigenvalue weighted by atomic mass is 10.4. The van der Waals surface area contributed by atoms with Gasteiger partial charge in [0.15, 0.2) is 0 Å². The lowest BCUT2D eigenvalue weighted by Gasteiger charge is -2.21. The van der Waals surface area contributed by atoms with E-state index in [1.165, 1.54) is 39.0 Å². The number of likely N-dealkylation sites (tertiary alicyclic amines) is 1. The van der Waals surface area contributed by atoms with E-state index >= 15 is 0 Å². The summed E-state index contributed by atoms with van der Waals surface area (Å²) < 4.78 is 5.51. The Kier molecular flexibility index (Phi) is 9.43. The Morgan fingerprint density at radius 3 is 2.58 bits per heavy atom. The first-order valence-electron chi connectivity index (χ1n) is 7.91. The van der Waals surface area contributed by atoms with E-state index in [2.05, 4.69) is 36.0 Å². The zero-order chi connectivity index (χ0) is 13.9. The molecule has 0 unspecified atom stereocenters. The first kappa shape index (κ1) is 16.9. The van der Waals surface area contributed by atoms with E-state index in [4.69, 9.17) is 4.74 Å². The topological polar surface area (TPSA) is 27.7 Å². The molecule has 1 aliphatic heterocycles. The molecule has 4 heteroatoms. The molecule has 1 N–H and O–H groups in total. The summed E-state index contributed by atoms with van der Waals surface area (Å²) in [5, 5.41) is 3.48. The summed E-state index contributed by atoms with van der Waals surface area (Å²) in [4.78, 5) is 5.00. The van der Waals surface area contributed by atoms with Crippen molar-refractivity contribution in [2.24, 2.45) is 0 Å². The van der Waals surface area contributed by atoms with Gasteiger partial charge in [-0.2, -0.15) is 0 Å². The third-order valence-electron chi connectivity index (χ3n) is 3.62. The van der Waals surface area contributed by atoms with Crippen LogP contribution in [0, 0.1) is 0 Å². The van der Waals surface area contributed by atoms with E-state index < -0.39 is 0 Å². The van der Waals surface area contributed by atoms with Crippen LogP contribution in [0.3, 0.4) is 0 Å². The molecule has 1 rings (SSSR count). The van der Waals surface area contributed by atoms with Crippen molar-refractivity contribution < 1.29 is 4.74 Å². The van der Waals surface area contributed by atoms with Crippen LogP contribution in [0.25, 0.3) is 0 Å². The summed E-state index contributed by atoms with van der Waals surface area (Å²) in [5.41, 5.74) is 0. The molecule has 0 aromatic carbocycles. The molecule has 0 radical (unpaired) electrons. The van der Waals surface area contributed by atoms with Gasteiger partial charge in [0.05, 0.1) is 6.10 Å². The fraction of sp³-hybridized carbons (Fsp3) is 1.00. The number of nitrogens with zero attached hydrogens (tertiary/aromatic N) is 2. The number of nitrogens with one attached hydrogen (secondary N) is 1.